The second kappa shape index (κ2) is 3.55. The topological polar surface area (TPSA) is 73.9 Å². The van der Waals surface area contributed by atoms with E-state index < -0.39 is 0 Å². The van der Waals surface area contributed by atoms with E-state index in [1.54, 1.807) is 25.6 Å². The smallest absolute Gasteiger partial charge is 0.226 e. The van der Waals surface area contributed by atoms with Crippen LogP contribution in [0.15, 0.2) is 18.5 Å². The fourth-order valence-electron chi connectivity index (χ4n) is 1.24. The zero-order chi connectivity index (χ0) is 9.97. The maximum absolute atomic E-state index is 5.47. The molecule has 0 saturated heterocycles. The summed E-state index contributed by atoms with van der Waals surface area (Å²) in [6.45, 7) is 0.300. The summed E-state index contributed by atoms with van der Waals surface area (Å²) in [5.41, 5.74) is 6.27. The van der Waals surface area contributed by atoms with Crippen LogP contribution in [0.3, 0.4) is 0 Å². The van der Waals surface area contributed by atoms with Crippen molar-refractivity contribution >= 4 is 10.9 Å². The summed E-state index contributed by atoms with van der Waals surface area (Å²) in [4.78, 5) is 12.4. The van der Waals surface area contributed by atoms with Crippen LogP contribution in [0.5, 0.6) is 5.88 Å². The van der Waals surface area contributed by atoms with Gasteiger partial charge in [0.15, 0.2) is 0 Å². The average Bonchev–Trinajstić information content (AvgIpc) is 2.27. The second-order valence-corrected chi connectivity index (χ2v) is 2.75. The number of fused-ring (bicyclic) bond motifs is 1. The standard InChI is InChI=1S/C9H10N4O/c1-14-9-6-5-11-3-2-7(6)12-8(4-10)13-9/h2-3,5H,4,10H2,1H3. The molecule has 0 saturated carbocycles. The van der Waals surface area contributed by atoms with E-state index in [1.165, 1.54) is 0 Å². The number of methoxy groups -OCH3 is 1. The quantitative estimate of drug-likeness (QED) is 0.746. The highest BCUT2D eigenvalue weighted by atomic mass is 16.5. The third-order valence-electron chi connectivity index (χ3n) is 1.88. The van der Waals surface area contributed by atoms with Gasteiger partial charge in [-0.3, -0.25) is 4.98 Å². The van der Waals surface area contributed by atoms with Crippen LogP contribution in [0, 0.1) is 0 Å². The zero-order valence-corrected chi connectivity index (χ0v) is 7.77. The van der Waals surface area contributed by atoms with Crippen LogP contribution in [0.1, 0.15) is 5.82 Å². The van der Waals surface area contributed by atoms with Crippen molar-refractivity contribution in [3.63, 3.8) is 0 Å². The van der Waals surface area contributed by atoms with E-state index in [4.69, 9.17) is 10.5 Å². The van der Waals surface area contributed by atoms with Crippen LogP contribution in [0.4, 0.5) is 0 Å². The monoisotopic (exact) mass is 190 g/mol. The minimum atomic E-state index is 0.300. The highest BCUT2D eigenvalue weighted by molar-refractivity contribution is 5.82. The highest BCUT2D eigenvalue weighted by Crippen LogP contribution is 2.20. The molecule has 5 nitrogen and oxygen atoms in total. The fraction of sp³-hybridized carbons (Fsp3) is 0.222. The summed E-state index contributed by atoms with van der Waals surface area (Å²) in [6.07, 6.45) is 3.35. The molecule has 0 atom stereocenters. The molecule has 0 radical (unpaired) electrons. The van der Waals surface area contributed by atoms with E-state index in [0.717, 1.165) is 10.9 Å². The van der Waals surface area contributed by atoms with Gasteiger partial charge in [0.2, 0.25) is 5.88 Å². The Morgan fingerprint density at radius 2 is 2.29 bits per heavy atom. The predicted molar refractivity (Wildman–Crippen MR) is 51.8 cm³/mol. The molecule has 0 unspecified atom stereocenters. The van der Waals surface area contributed by atoms with Crippen LogP contribution < -0.4 is 10.5 Å². The Bertz CT molecular complexity index is 458. The Hall–Kier alpha value is -1.75. The number of pyridine rings is 1. The van der Waals surface area contributed by atoms with Crippen LogP contribution in [-0.4, -0.2) is 22.1 Å². The molecule has 2 rings (SSSR count). The van der Waals surface area contributed by atoms with Gasteiger partial charge in [-0.15, -0.1) is 0 Å². The molecule has 14 heavy (non-hydrogen) atoms. The predicted octanol–water partition coefficient (Wildman–Crippen LogP) is 0.492. The maximum Gasteiger partial charge on any atom is 0.226 e. The molecular formula is C9H10N4O. The van der Waals surface area contributed by atoms with E-state index in [9.17, 15) is 0 Å². The van der Waals surface area contributed by atoms with E-state index in [0.29, 0.717) is 18.2 Å². The zero-order valence-electron chi connectivity index (χ0n) is 7.77. The van der Waals surface area contributed by atoms with E-state index in [-0.39, 0.29) is 0 Å². The number of aromatic nitrogens is 3. The molecule has 2 N–H and O–H groups in total. The second-order valence-electron chi connectivity index (χ2n) is 2.75. The number of ether oxygens (including phenoxy) is 1. The molecule has 2 aromatic heterocycles. The van der Waals surface area contributed by atoms with Crippen molar-refractivity contribution in [1.29, 1.82) is 0 Å². The molecule has 2 heterocycles. The van der Waals surface area contributed by atoms with Gasteiger partial charge >= 0.3 is 0 Å². The molecule has 5 heteroatoms. The van der Waals surface area contributed by atoms with Gasteiger partial charge in [-0.2, -0.15) is 4.98 Å². The summed E-state index contributed by atoms with van der Waals surface area (Å²) in [5.74, 6) is 1.09. The normalized spacial score (nSPS) is 10.4. The van der Waals surface area contributed by atoms with Crippen molar-refractivity contribution in [2.45, 2.75) is 6.54 Å². The number of rotatable bonds is 2. The summed E-state index contributed by atoms with van der Waals surface area (Å²) in [7, 11) is 1.56. The van der Waals surface area contributed by atoms with E-state index in [1.807, 2.05) is 0 Å². The molecule has 2 aromatic rings. The minimum Gasteiger partial charge on any atom is -0.480 e. The van der Waals surface area contributed by atoms with E-state index >= 15 is 0 Å². The van der Waals surface area contributed by atoms with Crippen molar-refractivity contribution < 1.29 is 4.74 Å². The molecule has 72 valence electrons. The largest absolute Gasteiger partial charge is 0.480 e. The third kappa shape index (κ3) is 1.38. The molecule has 0 spiro atoms. The first-order chi connectivity index (χ1) is 6.85. The highest BCUT2D eigenvalue weighted by Gasteiger charge is 2.06. The van der Waals surface area contributed by atoms with Crippen molar-refractivity contribution in [1.82, 2.24) is 15.0 Å². The van der Waals surface area contributed by atoms with Crippen molar-refractivity contribution in [2.24, 2.45) is 5.73 Å². The van der Waals surface area contributed by atoms with Gasteiger partial charge in [-0.05, 0) is 6.07 Å². The maximum atomic E-state index is 5.47. The summed E-state index contributed by atoms with van der Waals surface area (Å²) < 4.78 is 5.12. The minimum absolute atomic E-state index is 0.300. The number of nitrogens with zero attached hydrogens (tertiary/aromatic N) is 3. The van der Waals surface area contributed by atoms with Gasteiger partial charge in [-0.1, -0.05) is 0 Å². The third-order valence-corrected chi connectivity index (χ3v) is 1.88. The first-order valence-corrected chi connectivity index (χ1v) is 4.20. The van der Waals surface area contributed by atoms with E-state index in [2.05, 4.69) is 15.0 Å². The van der Waals surface area contributed by atoms with Crippen LogP contribution in [-0.2, 0) is 6.54 Å². The van der Waals surface area contributed by atoms with Gasteiger partial charge in [0.1, 0.15) is 5.82 Å². The molecule has 0 amide bonds. The Morgan fingerprint density at radius 3 is 3.00 bits per heavy atom. The van der Waals surface area contributed by atoms with Gasteiger partial charge in [-0.25, -0.2) is 4.98 Å². The molecule has 0 aliphatic rings. The molecule has 0 aromatic carbocycles. The molecule has 0 aliphatic heterocycles. The van der Waals surface area contributed by atoms with Crippen molar-refractivity contribution in [3.8, 4) is 5.88 Å². The van der Waals surface area contributed by atoms with Gasteiger partial charge in [0.25, 0.3) is 0 Å². The molecular weight excluding hydrogens is 180 g/mol. The Balaban J connectivity index is 2.73. The first-order valence-electron chi connectivity index (χ1n) is 4.20. The SMILES string of the molecule is COc1nc(CN)nc2ccncc12. The number of hydrogen-bond acceptors (Lipinski definition) is 5. The average molecular weight is 190 g/mol. The van der Waals surface area contributed by atoms with Gasteiger partial charge < -0.3 is 10.5 Å². The van der Waals surface area contributed by atoms with Gasteiger partial charge in [0.05, 0.1) is 24.6 Å². The number of nitrogens with two attached hydrogens (primary N) is 1. The lowest BCUT2D eigenvalue weighted by atomic mass is 10.3. The fourth-order valence-corrected chi connectivity index (χ4v) is 1.24. The number of hydrogen-bond donors (Lipinski definition) is 1. The van der Waals surface area contributed by atoms with Crippen LogP contribution in [0.25, 0.3) is 10.9 Å². The van der Waals surface area contributed by atoms with Crippen molar-refractivity contribution in [3.05, 3.63) is 24.3 Å². The summed E-state index contributed by atoms with van der Waals surface area (Å²) in [5, 5.41) is 0.798. The van der Waals surface area contributed by atoms with Crippen molar-refractivity contribution in [2.75, 3.05) is 7.11 Å². The summed E-state index contributed by atoms with van der Waals surface area (Å²) >= 11 is 0. The van der Waals surface area contributed by atoms with Crippen LogP contribution >= 0.6 is 0 Å². The molecule has 0 fully saturated rings. The molecule has 0 bridgehead atoms. The summed E-state index contributed by atoms with van der Waals surface area (Å²) in [6, 6.07) is 1.80. The van der Waals surface area contributed by atoms with Crippen LogP contribution in [0.2, 0.25) is 0 Å². The Kier molecular flexibility index (Phi) is 2.24. The first kappa shape index (κ1) is 8.83. The Labute approximate surface area is 81.0 Å². The molecule has 0 aliphatic carbocycles. The van der Waals surface area contributed by atoms with Gasteiger partial charge in [0, 0.05) is 12.4 Å². The lowest BCUT2D eigenvalue weighted by Crippen LogP contribution is -2.04. The lowest BCUT2D eigenvalue weighted by Gasteiger charge is -2.04. The Morgan fingerprint density at radius 1 is 1.43 bits per heavy atom. The lowest BCUT2D eigenvalue weighted by molar-refractivity contribution is 0.400.